The largest absolute Gasteiger partial charge is 0.371 e. The molecule has 9 heteroatoms. The van der Waals surface area contributed by atoms with Crippen LogP contribution in [0.1, 0.15) is 12.2 Å². The van der Waals surface area contributed by atoms with Gasteiger partial charge in [-0.1, -0.05) is 6.07 Å². The molecule has 0 bridgehead atoms. The molecular formula is C20H22FN7O. The summed E-state index contributed by atoms with van der Waals surface area (Å²) in [6.45, 7) is 4.12. The molecule has 150 valence electrons. The number of tetrazole rings is 1. The molecule has 2 amide bonds. The van der Waals surface area contributed by atoms with E-state index in [4.69, 9.17) is 0 Å². The maximum absolute atomic E-state index is 13.1. The molecule has 3 aromatic rings. The normalized spacial score (nSPS) is 16.1. The summed E-state index contributed by atoms with van der Waals surface area (Å²) >= 11 is 0. The van der Waals surface area contributed by atoms with Gasteiger partial charge in [0.1, 0.15) is 5.82 Å². The first-order valence-electron chi connectivity index (χ1n) is 9.49. The fourth-order valence-corrected chi connectivity index (χ4v) is 3.48. The maximum Gasteiger partial charge on any atom is 0.319 e. The molecule has 29 heavy (non-hydrogen) atoms. The van der Waals surface area contributed by atoms with Crippen LogP contribution in [0.2, 0.25) is 0 Å². The number of carbonyl (C=O) groups is 1. The Morgan fingerprint density at radius 3 is 2.79 bits per heavy atom. The summed E-state index contributed by atoms with van der Waals surface area (Å²) < 4.78 is 14.7. The second-order valence-corrected chi connectivity index (χ2v) is 7.10. The summed E-state index contributed by atoms with van der Waals surface area (Å²) in [5, 5.41) is 17.2. The van der Waals surface area contributed by atoms with Gasteiger partial charge in [0.15, 0.2) is 5.82 Å². The number of nitrogens with one attached hydrogen (secondary N) is 2. The minimum absolute atomic E-state index is 0.234. The molecule has 8 nitrogen and oxygen atoms in total. The van der Waals surface area contributed by atoms with Gasteiger partial charge < -0.3 is 15.5 Å². The van der Waals surface area contributed by atoms with Crippen molar-refractivity contribution in [2.24, 2.45) is 5.92 Å². The van der Waals surface area contributed by atoms with Crippen molar-refractivity contribution in [2.75, 3.05) is 29.9 Å². The monoisotopic (exact) mass is 395 g/mol. The van der Waals surface area contributed by atoms with Crippen LogP contribution in [0.15, 0.2) is 48.5 Å². The predicted octanol–water partition coefficient (Wildman–Crippen LogP) is 2.76. The lowest BCUT2D eigenvalue weighted by molar-refractivity contribution is 0.250. The average molecular weight is 395 g/mol. The topological polar surface area (TPSA) is 88.0 Å². The van der Waals surface area contributed by atoms with Gasteiger partial charge in [-0.15, -0.1) is 5.10 Å². The lowest BCUT2D eigenvalue weighted by Crippen LogP contribution is -2.34. The lowest BCUT2D eigenvalue weighted by atomic mass is 10.1. The molecular weight excluding hydrogens is 373 g/mol. The number of benzene rings is 2. The van der Waals surface area contributed by atoms with Crippen LogP contribution >= 0.6 is 0 Å². The van der Waals surface area contributed by atoms with Crippen molar-refractivity contribution in [2.45, 2.75) is 13.3 Å². The second-order valence-electron chi connectivity index (χ2n) is 7.10. The predicted molar refractivity (Wildman–Crippen MR) is 108 cm³/mol. The third kappa shape index (κ3) is 4.50. The van der Waals surface area contributed by atoms with Crippen molar-refractivity contribution in [1.29, 1.82) is 0 Å². The highest BCUT2D eigenvalue weighted by Gasteiger charge is 2.23. The molecule has 0 spiro atoms. The number of aromatic nitrogens is 4. The van der Waals surface area contributed by atoms with E-state index in [9.17, 15) is 9.18 Å². The van der Waals surface area contributed by atoms with Crippen LogP contribution < -0.4 is 15.5 Å². The number of nitrogens with zero attached hydrogens (tertiary/aromatic N) is 5. The summed E-state index contributed by atoms with van der Waals surface area (Å²) in [5.41, 5.74) is 2.44. The van der Waals surface area contributed by atoms with Gasteiger partial charge in [0.05, 0.1) is 5.69 Å². The molecule has 1 aliphatic rings. The van der Waals surface area contributed by atoms with E-state index in [0.29, 0.717) is 24.0 Å². The summed E-state index contributed by atoms with van der Waals surface area (Å²) in [5.74, 6) is 0.779. The Morgan fingerprint density at radius 2 is 2.03 bits per heavy atom. The fraction of sp³-hybridized carbons (Fsp3) is 0.300. The molecule has 0 aliphatic carbocycles. The van der Waals surface area contributed by atoms with Crippen LogP contribution in [0.25, 0.3) is 5.69 Å². The average Bonchev–Trinajstić information content (AvgIpc) is 3.36. The third-order valence-corrected chi connectivity index (χ3v) is 5.00. The highest BCUT2D eigenvalue weighted by atomic mass is 19.1. The molecule has 1 atom stereocenters. The van der Waals surface area contributed by atoms with Crippen molar-refractivity contribution in [3.8, 4) is 5.69 Å². The number of anilines is 2. The molecule has 2 aromatic carbocycles. The van der Waals surface area contributed by atoms with Crippen molar-refractivity contribution < 1.29 is 9.18 Å². The Labute approximate surface area is 167 Å². The zero-order valence-corrected chi connectivity index (χ0v) is 16.0. The number of hydrogen-bond acceptors (Lipinski definition) is 5. The first-order valence-corrected chi connectivity index (χ1v) is 9.49. The van der Waals surface area contributed by atoms with Crippen molar-refractivity contribution >= 4 is 17.4 Å². The van der Waals surface area contributed by atoms with Crippen LogP contribution in [0.4, 0.5) is 20.6 Å². The van der Waals surface area contributed by atoms with Crippen molar-refractivity contribution in [1.82, 2.24) is 25.5 Å². The minimum atomic E-state index is -0.254. The molecule has 2 heterocycles. The third-order valence-electron chi connectivity index (χ3n) is 5.00. The summed E-state index contributed by atoms with van der Waals surface area (Å²) in [4.78, 5) is 14.5. The first-order chi connectivity index (χ1) is 14.1. The van der Waals surface area contributed by atoms with Gasteiger partial charge in [0, 0.05) is 31.0 Å². The Bertz CT molecular complexity index is 989. The minimum Gasteiger partial charge on any atom is -0.371 e. The van der Waals surface area contributed by atoms with Crippen molar-refractivity contribution in [3.63, 3.8) is 0 Å². The van der Waals surface area contributed by atoms with Gasteiger partial charge in [-0.3, -0.25) is 0 Å². The highest BCUT2D eigenvalue weighted by molar-refractivity contribution is 5.89. The van der Waals surface area contributed by atoms with E-state index in [1.807, 2.05) is 31.2 Å². The van der Waals surface area contributed by atoms with E-state index in [1.165, 1.54) is 12.1 Å². The molecule has 0 radical (unpaired) electrons. The molecule has 1 unspecified atom stereocenters. The lowest BCUT2D eigenvalue weighted by Gasteiger charge is -2.19. The Balaban J connectivity index is 1.29. The smallest absolute Gasteiger partial charge is 0.319 e. The van der Waals surface area contributed by atoms with Gasteiger partial charge in [0.2, 0.25) is 0 Å². The zero-order chi connectivity index (χ0) is 20.2. The van der Waals surface area contributed by atoms with Gasteiger partial charge >= 0.3 is 6.03 Å². The zero-order valence-electron chi connectivity index (χ0n) is 16.0. The van der Waals surface area contributed by atoms with E-state index in [1.54, 1.807) is 16.8 Å². The van der Waals surface area contributed by atoms with Crippen LogP contribution in [0, 0.1) is 18.7 Å². The van der Waals surface area contributed by atoms with Gasteiger partial charge in [-0.25, -0.2) is 9.18 Å². The molecule has 1 aromatic heterocycles. The van der Waals surface area contributed by atoms with Crippen LogP contribution in [-0.4, -0.2) is 45.9 Å². The van der Waals surface area contributed by atoms with Crippen LogP contribution in [-0.2, 0) is 0 Å². The molecule has 1 fully saturated rings. The molecule has 0 saturated carbocycles. The number of amides is 2. The van der Waals surface area contributed by atoms with E-state index < -0.39 is 0 Å². The first kappa shape index (κ1) is 18.9. The highest BCUT2D eigenvalue weighted by Crippen LogP contribution is 2.23. The second kappa shape index (κ2) is 8.26. The number of halogens is 1. The molecule has 4 rings (SSSR count). The van der Waals surface area contributed by atoms with E-state index in [-0.39, 0.29) is 11.8 Å². The Morgan fingerprint density at radius 1 is 1.21 bits per heavy atom. The standard InChI is InChI=1S/C20H22FN7O/c1-14-24-25-26-28(14)19-4-2-3-17(11-19)23-20(29)22-12-15-9-10-27(13-15)18-7-5-16(21)6-8-18/h2-8,11,15H,9-10,12-13H2,1H3,(H2,22,23,29). The number of hydrogen-bond donors (Lipinski definition) is 2. The number of urea groups is 1. The number of aryl methyl sites for hydroxylation is 1. The van der Waals surface area contributed by atoms with Crippen LogP contribution in [0.5, 0.6) is 0 Å². The molecule has 1 aliphatic heterocycles. The van der Waals surface area contributed by atoms with E-state index in [0.717, 1.165) is 30.9 Å². The summed E-state index contributed by atoms with van der Waals surface area (Å²) in [7, 11) is 0. The van der Waals surface area contributed by atoms with Gasteiger partial charge in [-0.05, 0) is 72.2 Å². The fourth-order valence-electron chi connectivity index (χ4n) is 3.48. The Kier molecular flexibility index (Phi) is 5.37. The summed E-state index contributed by atoms with van der Waals surface area (Å²) in [6.07, 6.45) is 0.978. The molecule has 1 saturated heterocycles. The maximum atomic E-state index is 13.1. The van der Waals surface area contributed by atoms with E-state index >= 15 is 0 Å². The SMILES string of the molecule is Cc1nnnn1-c1cccc(NC(=O)NCC2CCN(c3ccc(F)cc3)C2)c1. The van der Waals surface area contributed by atoms with Gasteiger partial charge in [0.25, 0.3) is 0 Å². The van der Waals surface area contributed by atoms with Gasteiger partial charge in [-0.2, -0.15) is 4.68 Å². The van der Waals surface area contributed by atoms with Crippen LogP contribution in [0.3, 0.4) is 0 Å². The number of carbonyl (C=O) groups excluding carboxylic acids is 1. The Hall–Kier alpha value is -3.49. The summed E-state index contributed by atoms with van der Waals surface area (Å²) in [6, 6.07) is 13.6. The number of rotatable bonds is 5. The van der Waals surface area contributed by atoms with E-state index in [2.05, 4.69) is 31.1 Å². The van der Waals surface area contributed by atoms with Crippen molar-refractivity contribution in [3.05, 3.63) is 60.2 Å². The molecule has 2 N–H and O–H groups in total. The quantitative estimate of drug-likeness (QED) is 0.694.